The van der Waals surface area contributed by atoms with Crippen LogP contribution in [0.2, 0.25) is 5.02 Å². The minimum absolute atomic E-state index is 0.219. The van der Waals surface area contributed by atoms with Crippen molar-refractivity contribution in [3.8, 4) is 0 Å². The summed E-state index contributed by atoms with van der Waals surface area (Å²) in [5.74, 6) is 0.327. The average Bonchev–Trinajstić information content (AvgIpc) is 3.18. The Labute approximate surface area is 234 Å². The first-order chi connectivity index (χ1) is 18.4. The molecular weight excluding hydrogens is 536 g/mol. The standard InChI is InChI=1S/C29H23ClN4O2S2/c1-18-10-11-25-31-26(32-13-12-19-6-2-3-7-20(19)16-32)22(27(35)33(25)15-18)14-24-28(36)34(29(37)38-24)17-21-8-4-5-9-23(21)30/h2-11,14-15H,12-13,16-17H2,1H3. The number of thiocarbonyl (C=S) groups is 1. The number of amides is 1. The van der Waals surface area contributed by atoms with Gasteiger partial charge in [-0.05, 0) is 53.8 Å². The van der Waals surface area contributed by atoms with E-state index in [1.165, 1.54) is 27.8 Å². The van der Waals surface area contributed by atoms with Crippen LogP contribution in [0.25, 0.3) is 11.7 Å². The zero-order valence-electron chi connectivity index (χ0n) is 20.6. The fourth-order valence-electron chi connectivity index (χ4n) is 4.86. The maximum absolute atomic E-state index is 13.9. The fourth-order valence-corrected chi connectivity index (χ4v) is 6.29. The molecule has 0 atom stereocenters. The third kappa shape index (κ3) is 4.53. The molecule has 0 spiro atoms. The summed E-state index contributed by atoms with van der Waals surface area (Å²) < 4.78 is 1.98. The van der Waals surface area contributed by atoms with Gasteiger partial charge in [0.05, 0.1) is 17.0 Å². The minimum atomic E-state index is -0.247. The van der Waals surface area contributed by atoms with E-state index in [9.17, 15) is 9.59 Å². The van der Waals surface area contributed by atoms with Gasteiger partial charge in [-0.1, -0.05) is 84.1 Å². The highest BCUT2D eigenvalue weighted by molar-refractivity contribution is 8.26. The SMILES string of the molecule is Cc1ccc2nc(N3CCc4ccccc4C3)c(C=C3SC(=S)N(Cc4ccccc4Cl)C3=O)c(=O)n2c1. The number of thioether (sulfide) groups is 1. The van der Waals surface area contributed by atoms with E-state index in [1.54, 1.807) is 22.7 Å². The van der Waals surface area contributed by atoms with Crippen LogP contribution < -0.4 is 10.5 Å². The molecule has 6 rings (SSSR count). The van der Waals surface area contributed by atoms with Crippen LogP contribution in [0.15, 0.2) is 76.6 Å². The molecule has 0 saturated carbocycles. The summed E-state index contributed by atoms with van der Waals surface area (Å²) in [6.45, 7) is 3.56. The first kappa shape index (κ1) is 24.9. The van der Waals surface area contributed by atoms with Gasteiger partial charge in [-0.3, -0.25) is 18.9 Å². The first-order valence-corrected chi connectivity index (χ1v) is 13.8. The van der Waals surface area contributed by atoms with Crippen molar-refractivity contribution in [3.05, 3.63) is 115 Å². The van der Waals surface area contributed by atoms with Crippen molar-refractivity contribution in [1.29, 1.82) is 0 Å². The van der Waals surface area contributed by atoms with Crippen molar-refractivity contribution in [2.75, 3.05) is 11.4 Å². The van der Waals surface area contributed by atoms with Crippen molar-refractivity contribution in [2.45, 2.75) is 26.4 Å². The minimum Gasteiger partial charge on any atom is -0.351 e. The molecule has 0 radical (unpaired) electrons. The van der Waals surface area contributed by atoms with Gasteiger partial charge in [0.1, 0.15) is 15.8 Å². The summed E-state index contributed by atoms with van der Waals surface area (Å²) in [6, 6.07) is 19.5. The van der Waals surface area contributed by atoms with Crippen molar-refractivity contribution < 1.29 is 4.79 Å². The molecule has 2 aromatic carbocycles. The lowest BCUT2D eigenvalue weighted by Gasteiger charge is -2.30. The number of hydrogen-bond acceptors (Lipinski definition) is 6. The Morgan fingerprint density at radius 2 is 1.82 bits per heavy atom. The van der Waals surface area contributed by atoms with Crippen LogP contribution in [-0.2, 0) is 24.3 Å². The maximum Gasteiger partial charge on any atom is 0.267 e. The number of fused-ring (bicyclic) bond motifs is 2. The highest BCUT2D eigenvalue weighted by Crippen LogP contribution is 2.36. The Hall–Kier alpha value is -3.46. The van der Waals surface area contributed by atoms with Gasteiger partial charge in [0.25, 0.3) is 11.5 Å². The molecule has 9 heteroatoms. The number of carbonyl (C=O) groups is 1. The second-order valence-corrected chi connectivity index (χ2v) is 11.5. The lowest BCUT2D eigenvalue weighted by Crippen LogP contribution is -2.34. The fraction of sp³-hybridized carbons (Fsp3) is 0.172. The van der Waals surface area contributed by atoms with Crippen molar-refractivity contribution in [1.82, 2.24) is 14.3 Å². The summed E-state index contributed by atoms with van der Waals surface area (Å²) >= 11 is 13.1. The van der Waals surface area contributed by atoms with Gasteiger partial charge in [0.2, 0.25) is 0 Å². The summed E-state index contributed by atoms with van der Waals surface area (Å²) in [5.41, 5.74) is 4.99. The average molecular weight is 559 g/mol. The van der Waals surface area contributed by atoms with Gasteiger partial charge in [-0.15, -0.1) is 0 Å². The van der Waals surface area contributed by atoms with Crippen LogP contribution in [-0.4, -0.2) is 31.1 Å². The zero-order chi connectivity index (χ0) is 26.4. The molecule has 190 valence electrons. The van der Waals surface area contributed by atoms with E-state index in [2.05, 4.69) is 17.0 Å². The molecule has 4 heterocycles. The molecule has 1 fully saturated rings. The monoisotopic (exact) mass is 558 g/mol. The van der Waals surface area contributed by atoms with Crippen LogP contribution in [0, 0.1) is 6.92 Å². The molecule has 4 aromatic rings. The number of aryl methyl sites for hydroxylation is 1. The lowest BCUT2D eigenvalue weighted by molar-refractivity contribution is -0.122. The van der Waals surface area contributed by atoms with Crippen LogP contribution in [0.3, 0.4) is 0 Å². The van der Waals surface area contributed by atoms with Gasteiger partial charge >= 0.3 is 0 Å². The van der Waals surface area contributed by atoms with E-state index in [4.69, 9.17) is 28.8 Å². The van der Waals surface area contributed by atoms with Crippen molar-refractivity contribution >= 4 is 63.3 Å². The van der Waals surface area contributed by atoms with Gasteiger partial charge in [-0.25, -0.2) is 4.98 Å². The second-order valence-electron chi connectivity index (χ2n) is 9.39. The quantitative estimate of drug-likeness (QED) is 0.239. The Balaban J connectivity index is 1.43. The lowest BCUT2D eigenvalue weighted by atomic mass is 9.99. The van der Waals surface area contributed by atoms with Crippen LogP contribution in [0.1, 0.15) is 27.8 Å². The number of benzene rings is 2. The van der Waals surface area contributed by atoms with E-state index in [0.717, 1.165) is 24.1 Å². The number of hydrogen-bond donors (Lipinski definition) is 0. The van der Waals surface area contributed by atoms with Gasteiger partial charge in [-0.2, -0.15) is 0 Å². The topological polar surface area (TPSA) is 57.9 Å². The molecule has 2 aliphatic heterocycles. The molecule has 38 heavy (non-hydrogen) atoms. The molecule has 0 unspecified atom stereocenters. The third-order valence-electron chi connectivity index (χ3n) is 6.85. The van der Waals surface area contributed by atoms with Gasteiger partial charge < -0.3 is 4.90 Å². The van der Waals surface area contributed by atoms with Crippen molar-refractivity contribution in [3.63, 3.8) is 0 Å². The summed E-state index contributed by atoms with van der Waals surface area (Å²) in [4.78, 5) is 36.3. The third-order valence-corrected chi connectivity index (χ3v) is 8.60. The highest BCUT2D eigenvalue weighted by Gasteiger charge is 2.33. The Bertz CT molecular complexity index is 1710. The van der Waals surface area contributed by atoms with E-state index < -0.39 is 0 Å². The normalized spacial score (nSPS) is 16.5. The second kappa shape index (κ2) is 10.0. The molecule has 0 N–H and O–H groups in total. The van der Waals surface area contributed by atoms with Crippen LogP contribution >= 0.6 is 35.6 Å². The smallest absolute Gasteiger partial charge is 0.267 e. The molecular formula is C29H23ClN4O2S2. The largest absolute Gasteiger partial charge is 0.351 e. The number of pyridine rings is 1. The predicted octanol–water partition coefficient (Wildman–Crippen LogP) is 5.62. The van der Waals surface area contributed by atoms with E-state index >= 15 is 0 Å². The molecule has 0 aliphatic carbocycles. The molecule has 2 aliphatic rings. The Morgan fingerprint density at radius 1 is 1.05 bits per heavy atom. The van der Waals surface area contributed by atoms with E-state index in [1.807, 2.05) is 49.4 Å². The summed E-state index contributed by atoms with van der Waals surface area (Å²) in [7, 11) is 0. The zero-order valence-corrected chi connectivity index (χ0v) is 22.9. The molecule has 1 saturated heterocycles. The number of rotatable bonds is 4. The van der Waals surface area contributed by atoms with Crippen molar-refractivity contribution in [2.24, 2.45) is 0 Å². The summed E-state index contributed by atoms with van der Waals surface area (Å²) in [6.07, 6.45) is 4.29. The number of carbonyl (C=O) groups excluding carboxylic acids is 1. The van der Waals surface area contributed by atoms with Crippen LogP contribution in [0.4, 0.5) is 5.82 Å². The van der Waals surface area contributed by atoms with E-state index in [0.29, 0.717) is 37.8 Å². The molecule has 0 bridgehead atoms. The maximum atomic E-state index is 13.9. The van der Waals surface area contributed by atoms with Gasteiger partial charge in [0.15, 0.2) is 0 Å². The Kier molecular flexibility index (Phi) is 6.55. The highest BCUT2D eigenvalue weighted by atomic mass is 35.5. The van der Waals surface area contributed by atoms with E-state index in [-0.39, 0.29) is 18.0 Å². The number of anilines is 1. The molecule has 2 aromatic heterocycles. The number of nitrogens with zero attached hydrogens (tertiary/aromatic N) is 4. The summed E-state index contributed by atoms with van der Waals surface area (Å²) in [5, 5.41) is 0.575. The Morgan fingerprint density at radius 3 is 2.63 bits per heavy atom. The van der Waals surface area contributed by atoms with Crippen LogP contribution in [0.5, 0.6) is 0 Å². The molecule has 6 nitrogen and oxygen atoms in total. The van der Waals surface area contributed by atoms with Gasteiger partial charge in [0, 0.05) is 24.3 Å². The molecule has 1 amide bonds. The number of aromatic nitrogens is 2. The first-order valence-electron chi connectivity index (χ1n) is 12.2. The number of halogens is 1. The predicted molar refractivity (Wildman–Crippen MR) is 158 cm³/mol.